The van der Waals surface area contributed by atoms with Gasteiger partial charge in [-0.25, -0.2) is 4.68 Å². The van der Waals surface area contributed by atoms with E-state index in [2.05, 4.69) is 17.7 Å². The first-order valence-corrected chi connectivity index (χ1v) is 5.84. The standard InChI is InChI=1S/C12H14N2OS/c1-9-11(7-8-16)12(15)14(13-9)10-5-3-2-4-6-10/h2-6,13,16H,7-8H2,1H3. The molecule has 0 fully saturated rings. The van der Waals surface area contributed by atoms with Crippen LogP contribution in [0.25, 0.3) is 5.69 Å². The molecule has 0 saturated carbocycles. The summed E-state index contributed by atoms with van der Waals surface area (Å²) >= 11 is 4.16. The van der Waals surface area contributed by atoms with Crippen molar-refractivity contribution in [3.05, 3.63) is 51.9 Å². The second kappa shape index (κ2) is 4.61. The van der Waals surface area contributed by atoms with Gasteiger partial charge in [0.2, 0.25) is 0 Å². The molecule has 0 saturated heterocycles. The fraction of sp³-hybridized carbons (Fsp3) is 0.250. The first-order chi connectivity index (χ1) is 7.74. The van der Waals surface area contributed by atoms with E-state index in [0.717, 1.165) is 16.9 Å². The largest absolute Gasteiger partial charge is 0.295 e. The normalized spacial score (nSPS) is 10.6. The molecule has 0 aliphatic rings. The molecule has 0 bridgehead atoms. The Morgan fingerprint density at radius 1 is 1.31 bits per heavy atom. The second-order valence-corrected chi connectivity index (χ2v) is 4.11. The highest BCUT2D eigenvalue weighted by molar-refractivity contribution is 7.80. The van der Waals surface area contributed by atoms with Crippen LogP contribution in [-0.4, -0.2) is 15.5 Å². The van der Waals surface area contributed by atoms with Crippen molar-refractivity contribution in [2.75, 3.05) is 5.75 Å². The maximum Gasteiger partial charge on any atom is 0.274 e. The van der Waals surface area contributed by atoms with E-state index >= 15 is 0 Å². The van der Waals surface area contributed by atoms with Gasteiger partial charge < -0.3 is 0 Å². The third-order valence-corrected chi connectivity index (χ3v) is 2.79. The molecule has 0 unspecified atom stereocenters. The van der Waals surface area contributed by atoms with Crippen molar-refractivity contribution < 1.29 is 0 Å². The molecule has 2 rings (SSSR count). The quantitative estimate of drug-likeness (QED) is 0.783. The first kappa shape index (κ1) is 11.1. The van der Waals surface area contributed by atoms with Gasteiger partial charge in [-0.05, 0) is 31.2 Å². The lowest BCUT2D eigenvalue weighted by atomic mass is 10.2. The van der Waals surface area contributed by atoms with Gasteiger partial charge in [0.1, 0.15) is 0 Å². The highest BCUT2D eigenvalue weighted by atomic mass is 32.1. The zero-order valence-electron chi connectivity index (χ0n) is 9.10. The molecule has 1 N–H and O–H groups in total. The third kappa shape index (κ3) is 1.93. The molecule has 1 aromatic carbocycles. The highest BCUT2D eigenvalue weighted by Gasteiger charge is 2.10. The maximum atomic E-state index is 12.1. The Hall–Kier alpha value is -1.42. The van der Waals surface area contributed by atoms with Crippen LogP contribution in [0.15, 0.2) is 35.1 Å². The van der Waals surface area contributed by atoms with Gasteiger partial charge in [-0.1, -0.05) is 18.2 Å². The number of nitrogens with zero attached hydrogens (tertiary/aromatic N) is 1. The average Bonchev–Trinajstić information content (AvgIpc) is 2.59. The highest BCUT2D eigenvalue weighted by Crippen LogP contribution is 2.07. The van der Waals surface area contributed by atoms with Crippen molar-refractivity contribution in [1.82, 2.24) is 9.78 Å². The van der Waals surface area contributed by atoms with E-state index in [1.54, 1.807) is 4.68 Å². The summed E-state index contributed by atoms with van der Waals surface area (Å²) in [4.78, 5) is 12.1. The topological polar surface area (TPSA) is 37.8 Å². The molecule has 3 nitrogen and oxygen atoms in total. The molecule has 1 heterocycles. The van der Waals surface area contributed by atoms with Crippen LogP contribution in [0, 0.1) is 6.92 Å². The van der Waals surface area contributed by atoms with E-state index < -0.39 is 0 Å². The van der Waals surface area contributed by atoms with Gasteiger partial charge in [-0.15, -0.1) is 0 Å². The van der Waals surface area contributed by atoms with Crippen LogP contribution < -0.4 is 5.56 Å². The molecule has 0 atom stereocenters. The fourth-order valence-electron chi connectivity index (χ4n) is 1.75. The predicted molar refractivity (Wildman–Crippen MR) is 68.7 cm³/mol. The van der Waals surface area contributed by atoms with E-state index in [-0.39, 0.29) is 5.56 Å². The molecule has 16 heavy (non-hydrogen) atoms. The molecule has 0 aliphatic heterocycles. The molecule has 0 radical (unpaired) electrons. The lowest BCUT2D eigenvalue weighted by molar-refractivity contribution is 0.834. The summed E-state index contributed by atoms with van der Waals surface area (Å²) in [6.07, 6.45) is 0.699. The van der Waals surface area contributed by atoms with Gasteiger partial charge in [0.15, 0.2) is 0 Å². The molecule has 4 heteroatoms. The molecular weight excluding hydrogens is 220 g/mol. The Morgan fingerprint density at radius 3 is 2.62 bits per heavy atom. The van der Waals surface area contributed by atoms with E-state index in [9.17, 15) is 4.79 Å². The summed E-state index contributed by atoms with van der Waals surface area (Å²) < 4.78 is 1.58. The number of hydrogen-bond acceptors (Lipinski definition) is 2. The summed E-state index contributed by atoms with van der Waals surface area (Å²) in [5.74, 6) is 0.683. The van der Waals surface area contributed by atoms with Gasteiger partial charge in [0, 0.05) is 11.3 Å². The molecule has 0 aliphatic carbocycles. The fourth-order valence-corrected chi connectivity index (χ4v) is 1.97. The van der Waals surface area contributed by atoms with Crippen molar-refractivity contribution in [1.29, 1.82) is 0 Å². The van der Waals surface area contributed by atoms with Crippen LogP contribution in [0.3, 0.4) is 0 Å². The van der Waals surface area contributed by atoms with Crippen LogP contribution >= 0.6 is 12.6 Å². The van der Waals surface area contributed by atoms with E-state index in [1.165, 1.54) is 0 Å². The number of aryl methyl sites for hydroxylation is 1. The molecule has 84 valence electrons. The Balaban J connectivity index is 2.52. The number of aromatic amines is 1. The number of hydrogen-bond donors (Lipinski definition) is 2. The number of H-pyrrole nitrogens is 1. The number of thiol groups is 1. The smallest absolute Gasteiger partial charge is 0.274 e. The van der Waals surface area contributed by atoms with Crippen LogP contribution in [0.2, 0.25) is 0 Å². The monoisotopic (exact) mass is 234 g/mol. The zero-order valence-corrected chi connectivity index (χ0v) is 10.00. The Kier molecular flexibility index (Phi) is 3.19. The van der Waals surface area contributed by atoms with Crippen molar-refractivity contribution in [2.45, 2.75) is 13.3 Å². The zero-order chi connectivity index (χ0) is 11.5. The van der Waals surface area contributed by atoms with Crippen LogP contribution in [0.5, 0.6) is 0 Å². The molecule has 2 aromatic rings. The van der Waals surface area contributed by atoms with Crippen LogP contribution in [0.1, 0.15) is 11.3 Å². The summed E-state index contributed by atoms with van der Waals surface area (Å²) in [6, 6.07) is 9.56. The van der Waals surface area contributed by atoms with E-state index in [4.69, 9.17) is 0 Å². The van der Waals surface area contributed by atoms with Crippen molar-refractivity contribution in [3.8, 4) is 5.69 Å². The third-order valence-electron chi connectivity index (χ3n) is 2.57. The van der Waals surface area contributed by atoms with Gasteiger partial charge >= 0.3 is 0 Å². The summed E-state index contributed by atoms with van der Waals surface area (Å²) in [6.45, 7) is 1.92. The lowest BCUT2D eigenvalue weighted by Crippen LogP contribution is -2.17. The SMILES string of the molecule is Cc1[nH]n(-c2ccccc2)c(=O)c1CCS. The number of para-hydroxylation sites is 1. The summed E-state index contributed by atoms with van der Waals surface area (Å²) in [5.41, 5.74) is 2.63. The number of nitrogens with one attached hydrogen (secondary N) is 1. The van der Waals surface area contributed by atoms with E-state index in [0.29, 0.717) is 12.2 Å². The Morgan fingerprint density at radius 2 is 2.00 bits per heavy atom. The minimum atomic E-state index is 0.0257. The summed E-state index contributed by atoms with van der Waals surface area (Å²) in [7, 11) is 0. The summed E-state index contributed by atoms with van der Waals surface area (Å²) in [5, 5.41) is 3.08. The molecule has 1 aromatic heterocycles. The molecule has 0 amide bonds. The van der Waals surface area contributed by atoms with Gasteiger partial charge in [0.05, 0.1) is 5.69 Å². The minimum absolute atomic E-state index is 0.0257. The minimum Gasteiger partial charge on any atom is -0.295 e. The van der Waals surface area contributed by atoms with Crippen molar-refractivity contribution in [2.24, 2.45) is 0 Å². The average molecular weight is 234 g/mol. The van der Waals surface area contributed by atoms with E-state index in [1.807, 2.05) is 37.3 Å². The Bertz CT molecular complexity index is 528. The van der Waals surface area contributed by atoms with Crippen LogP contribution in [-0.2, 0) is 6.42 Å². The molecular formula is C12H14N2OS. The van der Waals surface area contributed by atoms with Gasteiger partial charge in [-0.3, -0.25) is 9.89 Å². The van der Waals surface area contributed by atoms with Crippen LogP contribution in [0.4, 0.5) is 0 Å². The number of benzene rings is 1. The predicted octanol–water partition coefficient (Wildman–Crippen LogP) is 1.95. The number of rotatable bonds is 3. The Labute approximate surface area is 99.5 Å². The second-order valence-electron chi connectivity index (χ2n) is 3.67. The first-order valence-electron chi connectivity index (χ1n) is 5.21. The van der Waals surface area contributed by atoms with Gasteiger partial charge in [0.25, 0.3) is 5.56 Å². The lowest BCUT2D eigenvalue weighted by Gasteiger charge is -1.99. The number of aromatic nitrogens is 2. The van der Waals surface area contributed by atoms with Crippen molar-refractivity contribution in [3.63, 3.8) is 0 Å². The van der Waals surface area contributed by atoms with Crippen molar-refractivity contribution >= 4 is 12.6 Å². The maximum absolute atomic E-state index is 12.1. The van der Waals surface area contributed by atoms with Gasteiger partial charge in [-0.2, -0.15) is 12.6 Å². The molecule has 0 spiro atoms.